The van der Waals surface area contributed by atoms with Crippen molar-refractivity contribution in [1.29, 1.82) is 0 Å². The third-order valence-electron chi connectivity index (χ3n) is 2.63. The first-order chi connectivity index (χ1) is 7.54. The Labute approximate surface area is 103 Å². The third kappa shape index (κ3) is 3.60. The van der Waals surface area contributed by atoms with E-state index in [0.717, 1.165) is 23.4 Å². The largest absolute Gasteiger partial charge is 0.490 e. The summed E-state index contributed by atoms with van der Waals surface area (Å²) in [4.78, 5) is 0. The van der Waals surface area contributed by atoms with Gasteiger partial charge in [0.05, 0.1) is 0 Å². The molecule has 0 saturated carbocycles. The van der Waals surface area contributed by atoms with Gasteiger partial charge in [-0.2, -0.15) is 0 Å². The van der Waals surface area contributed by atoms with Crippen molar-refractivity contribution >= 4 is 17.3 Å². The summed E-state index contributed by atoms with van der Waals surface area (Å²) < 4.78 is 5.96. The van der Waals surface area contributed by atoms with Gasteiger partial charge in [-0.3, -0.25) is 0 Å². The molecule has 0 heterocycles. The van der Waals surface area contributed by atoms with Gasteiger partial charge in [-0.25, -0.2) is 0 Å². The molecule has 1 atom stereocenters. The summed E-state index contributed by atoms with van der Waals surface area (Å²) in [5, 5.41) is 0. The second-order valence-electron chi connectivity index (χ2n) is 4.40. The van der Waals surface area contributed by atoms with Gasteiger partial charge in [0, 0.05) is 17.6 Å². The molecule has 0 fully saturated rings. The second kappa shape index (κ2) is 6.00. The lowest BCUT2D eigenvalue weighted by atomic mass is 10.0. The Hall–Kier alpha value is -0.890. The van der Waals surface area contributed by atoms with E-state index < -0.39 is 0 Å². The van der Waals surface area contributed by atoms with Crippen LogP contribution in [0, 0.1) is 12.8 Å². The first-order valence-corrected chi connectivity index (χ1v) is 6.16. The number of anilines is 1. The van der Waals surface area contributed by atoms with Crippen molar-refractivity contribution in [3.8, 4) is 5.75 Å². The van der Waals surface area contributed by atoms with Crippen LogP contribution >= 0.6 is 11.6 Å². The van der Waals surface area contributed by atoms with Gasteiger partial charge in [-0.1, -0.05) is 19.9 Å². The average Bonchev–Trinajstić information content (AvgIpc) is 2.22. The number of hydrogen-bond acceptors (Lipinski definition) is 2. The molecule has 1 aromatic rings. The molecule has 0 spiro atoms. The van der Waals surface area contributed by atoms with Crippen LogP contribution in [0.1, 0.15) is 25.8 Å². The SMILES string of the molecule is Cc1ccc(N)cc1OC(CCCl)C(C)C. The maximum absolute atomic E-state index is 5.96. The number of hydrogen-bond donors (Lipinski definition) is 1. The smallest absolute Gasteiger partial charge is 0.124 e. The Morgan fingerprint density at radius 3 is 2.62 bits per heavy atom. The minimum atomic E-state index is 0.151. The summed E-state index contributed by atoms with van der Waals surface area (Å²) >= 11 is 5.77. The number of ether oxygens (including phenoxy) is 1. The first kappa shape index (κ1) is 13.2. The van der Waals surface area contributed by atoms with E-state index in [-0.39, 0.29) is 6.10 Å². The van der Waals surface area contributed by atoms with E-state index in [1.807, 2.05) is 25.1 Å². The molecular formula is C13H20ClNO. The van der Waals surface area contributed by atoms with Crippen molar-refractivity contribution in [3.63, 3.8) is 0 Å². The van der Waals surface area contributed by atoms with Gasteiger partial charge < -0.3 is 10.5 Å². The molecule has 0 amide bonds. The Kier molecular flexibility index (Phi) is 4.94. The van der Waals surface area contributed by atoms with Crippen LogP contribution in [0.15, 0.2) is 18.2 Å². The van der Waals surface area contributed by atoms with Crippen LogP contribution in [0.5, 0.6) is 5.75 Å². The summed E-state index contributed by atoms with van der Waals surface area (Å²) in [6.07, 6.45) is 1.01. The van der Waals surface area contributed by atoms with Crippen molar-refractivity contribution in [1.82, 2.24) is 0 Å². The predicted octanol–water partition coefficient (Wildman–Crippen LogP) is 3.61. The summed E-state index contributed by atoms with van der Waals surface area (Å²) in [6, 6.07) is 5.73. The highest BCUT2D eigenvalue weighted by atomic mass is 35.5. The highest BCUT2D eigenvalue weighted by Gasteiger charge is 2.15. The van der Waals surface area contributed by atoms with Gasteiger partial charge in [0.25, 0.3) is 0 Å². The standard InChI is InChI=1S/C13H20ClNO/c1-9(2)12(6-7-14)16-13-8-11(15)5-4-10(13)3/h4-5,8-9,12H,6-7,15H2,1-3H3. The van der Waals surface area contributed by atoms with Gasteiger partial charge in [0.1, 0.15) is 11.9 Å². The minimum Gasteiger partial charge on any atom is -0.490 e. The molecule has 0 aromatic heterocycles. The molecule has 2 N–H and O–H groups in total. The van der Waals surface area contributed by atoms with Crippen molar-refractivity contribution in [2.24, 2.45) is 5.92 Å². The van der Waals surface area contributed by atoms with Crippen molar-refractivity contribution < 1.29 is 4.74 Å². The first-order valence-electron chi connectivity index (χ1n) is 5.63. The maximum atomic E-state index is 5.96. The van der Waals surface area contributed by atoms with E-state index in [0.29, 0.717) is 11.8 Å². The molecule has 0 radical (unpaired) electrons. The lowest BCUT2D eigenvalue weighted by molar-refractivity contribution is 0.147. The molecule has 1 aromatic carbocycles. The number of nitrogen functional groups attached to an aromatic ring is 1. The number of aryl methyl sites for hydroxylation is 1. The number of halogens is 1. The molecule has 16 heavy (non-hydrogen) atoms. The summed E-state index contributed by atoms with van der Waals surface area (Å²) in [6.45, 7) is 6.30. The number of rotatable bonds is 5. The zero-order valence-electron chi connectivity index (χ0n) is 10.2. The third-order valence-corrected chi connectivity index (χ3v) is 2.85. The van der Waals surface area contributed by atoms with Gasteiger partial charge in [-0.15, -0.1) is 11.6 Å². The molecule has 0 saturated heterocycles. The van der Waals surface area contributed by atoms with E-state index in [2.05, 4.69) is 13.8 Å². The topological polar surface area (TPSA) is 35.2 Å². The Bertz CT molecular complexity index is 339. The van der Waals surface area contributed by atoms with Gasteiger partial charge in [0.2, 0.25) is 0 Å². The van der Waals surface area contributed by atoms with Crippen LogP contribution in [0.3, 0.4) is 0 Å². The maximum Gasteiger partial charge on any atom is 0.124 e. The van der Waals surface area contributed by atoms with Crippen LogP contribution in [-0.4, -0.2) is 12.0 Å². The van der Waals surface area contributed by atoms with E-state index in [1.165, 1.54) is 0 Å². The molecule has 0 bridgehead atoms. The van der Waals surface area contributed by atoms with E-state index >= 15 is 0 Å². The normalized spacial score (nSPS) is 12.8. The fourth-order valence-electron chi connectivity index (χ4n) is 1.54. The van der Waals surface area contributed by atoms with E-state index in [4.69, 9.17) is 22.1 Å². The quantitative estimate of drug-likeness (QED) is 0.631. The lowest BCUT2D eigenvalue weighted by Gasteiger charge is -2.23. The van der Waals surface area contributed by atoms with Crippen LogP contribution in [0.2, 0.25) is 0 Å². The van der Waals surface area contributed by atoms with Gasteiger partial charge >= 0.3 is 0 Å². The van der Waals surface area contributed by atoms with Crippen LogP contribution in [0.25, 0.3) is 0 Å². The fourth-order valence-corrected chi connectivity index (χ4v) is 1.76. The molecule has 0 aliphatic rings. The summed E-state index contributed by atoms with van der Waals surface area (Å²) in [7, 11) is 0. The average molecular weight is 242 g/mol. The Morgan fingerprint density at radius 2 is 2.06 bits per heavy atom. The monoisotopic (exact) mass is 241 g/mol. The van der Waals surface area contributed by atoms with Crippen LogP contribution in [0.4, 0.5) is 5.69 Å². The van der Waals surface area contributed by atoms with Crippen molar-refractivity contribution in [2.45, 2.75) is 33.3 Å². The molecule has 90 valence electrons. The molecule has 1 rings (SSSR count). The zero-order valence-corrected chi connectivity index (χ0v) is 10.9. The van der Waals surface area contributed by atoms with E-state index in [1.54, 1.807) is 0 Å². The lowest BCUT2D eigenvalue weighted by Crippen LogP contribution is -2.24. The van der Waals surface area contributed by atoms with Crippen LogP contribution in [-0.2, 0) is 0 Å². The highest BCUT2D eigenvalue weighted by Crippen LogP contribution is 2.24. The number of nitrogens with two attached hydrogens (primary N) is 1. The molecule has 0 aliphatic carbocycles. The van der Waals surface area contributed by atoms with Gasteiger partial charge in [-0.05, 0) is 30.9 Å². The molecule has 2 nitrogen and oxygen atoms in total. The van der Waals surface area contributed by atoms with Gasteiger partial charge in [0.15, 0.2) is 0 Å². The number of alkyl halides is 1. The molecular weight excluding hydrogens is 222 g/mol. The molecule has 0 aliphatic heterocycles. The fraction of sp³-hybridized carbons (Fsp3) is 0.538. The molecule has 1 unspecified atom stereocenters. The Morgan fingerprint density at radius 1 is 1.38 bits per heavy atom. The summed E-state index contributed by atoms with van der Waals surface area (Å²) in [5.41, 5.74) is 7.58. The Balaban J connectivity index is 2.80. The number of benzene rings is 1. The summed E-state index contributed by atoms with van der Waals surface area (Å²) in [5.74, 6) is 1.92. The van der Waals surface area contributed by atoms with E-state index in [9.17, 15) is 0 Å². The minimum absolute atomic E-state index is 0.151. The molecule has 3 heteroatoms. The zero-order chi connectivity index (χ0) is 12.1. The van der Waals surface area contributed by atoms with Crippen molar-refractivity contribution in [2.75, 3.05) is 11.6 Å². The van der Waals surface area contributed by atoms with Crippen molar-refractivity contribution in [3.05, 3.63) is 23.8 Å². The predicted molar refractivity (Wildman–Crippen MR) is 70.2 cm³/mol. The van der Waals surface area contributed by atoms with Crippen LogP contribution < -0.4 is 10.5 Å². The second-order valence-corrected chi connectivity index (χ2v) is 4.78. The highest BCUT2D eigenvalue weighted by molar-refractivity contribution is 6.17.